The van der Waals surface area contributed by atoms with E-state index in [0.717, 1.165) is 5.92 Å². The maximum atomic E-state index is 6.25. The predicted molar refractivity (Wildman–Crippen MR) is 40.0 cm³/mol. The summed E-state index contributed by atoms with van der Waals surface area (Å²) >= 11 is 0. The fourth-order valence-corrected chi connectivity index (χ4v) is 1.47. The molecule has 2 atom stereocenters. The molecule has 1 aliphatic heterocycles. The van der Waals surface area contributed by atoms with Gasteiger partial charge in [0.05, 0.1) is 19.6 Å². The molecule has 0 bridgehead atoms. The molecular weight excluding hydrogens is 124 g/mol. The molecule has 0 aliphatic carbocycles. The lowest BCUT2D eigenvalue weighted by Gasteiger charge is -2.07. The number of hydrogen-bond acceptors (Lipinski definition) is 1. The molecule has 1 aliphatic rings. The van der Waals surface area contributed by atoms with Crippen molar-refractivity contribution in [2.24, 2.45) is 5.92 Å². The average molecular weight is 140 g/mol. The van der Waals surface area contributed by atoms with Crippen molar-refractivity contribution in [2.45, 2.75) is 20.3 Å². The first-order valence-corrected chi connectivity index (χ1v) is 3.89. The van der Waals surface area contributed by atoms with Gasteiger partial charge in [-0.05, 0) is 6.92 Å². The molecule has 10 heavy (non-hydrogen) atoms. The first-order chi connectivity index (χ1) is 4.83. The molecule has 2 nitrogen and oxygen atoms in total. The number of nitrogens with one attached hydrogen (secondary N) is 1. The Kier molecular flexibility index (Phi) is 4.96. The van der Waals surface area contributed by atoms with Gasteiger partial charge in [0.2, 0.25) is 0 Å². The Morgan fingerprint density at radius 2 is 2.20 bits per heavy atom. The lowest BCUT2D eigenvalue weighted by atomic mass is 10.2. The van der Waals surface area contributed by atoms with Gasteiger partial charge in [-0.2, -0.15) is 0 Å². The Balaban J connectivity index is 0.000000371. The Labute approximate surface area is 63.4 Å². The van der Waals surface area contributed by atoms with E-state index in [1.807, 2.05) is 0 Å². The molecule has 0 radical (unpaired) electrons. The summed E-state index contributed by atoms with van der Waals surface area (Å²) in [5, 5.41) is 6.25. The zero-order chi connectivity index (χ0) is 7.98. The maximum Gasteiger partial charge on any atom is 0.0798 e. The summed E-state index contributed by atoms with van der Waals surface area (Å²) in [6.07, 6.45) is 1.45. The fraction of sp³-hybridized carbons (Fsp3) is 0.875. The number of hydrogen-bond donors (Lipinski definition) is 1. The van der Waals surface area contributed by atoms with E-state index in [2.05, 4.69) is 13.8 Å². The van der Waals surface area contributed by atoms with E-state index in [9.17, 15) is 0 Å². The highest BCUT2D eigenvalue weighted by Crippen LogP contribution is 1.99. The molecule has 0 amide bonds. The molecule has 1 heterocycles. The molecule has 58 valence electrons. The monoisotopic (exact) mass is 140 g/mol. The third kappa shape index (κ3) is 2.84. The van der Waals surface area contributed by atoms with Crippen molar-refractivity contribution in [3.63, 3.8) is 0 Å². The standard InChI is InChI=1S/C7H15N.CN/c1-3-8-5-4-7(2)6-8;1-2/h7H,3-6H2,1-2H3;/q;-1/p+1. The Morgan fingerprint density at radius 1 is 1.60 bits per heavy atom. The third-order valence-corrected chi connectivity index (χ3v) is 2.13. The normalized spacial score (nSPS) is 30.8. The molecule has 0 aromatic rings. The first kappa shape index (κ1) is 9.45. The molecular formula is C8H16N2. The highest BCUT2D eigenvalue weighted by atomic mass is 15.1. The molecule has 0 saturated carbocycles. The van der Waals surface area contributed by atoms with Crippen LogP contribution in [0.25, 0.3) is 0 Å². The molecule has 1 saturated heterocycles. The van der Waals surface area contributed by atoms with Gasteiger partial charge in [0.25, 0.3) is 0 Å². The van der Waals surface area contributed by atoms with Crippen LogP contribution in [0.2, 0.25) is 0 Å². The zero-order valence-corrected chi connectivity index (χ0v) is 6.85. The number of quaternary nitrogens is 1. The fourth-order valence-electron chi connectivity index (χ4n) is 1.47. The first-order valence-electron chi connectivity index (χ1n) is 3.89. The van der Waals surface area contributed by atoms with Crippen molar-refractivity contribution in [2.75, 3.05) is 19.6 Å². The lowest BCUT2D eigenvalue weighted by molar-refractivity contribution is -0.886. The average Bonchev–Trinajstić information content (AvgIpc) is 2.40. The van der Waals surface area contributed by atoms with Gasteiger partial charge in [0.1, 0.15) is 0 Å². The van der Waals surface area contributed by atoms with Crippen LogP contribution in [0.15, 0.2) is 0 Å². The smallest absolute Gasteiger partial charge is 0.0798 e. The van der Waals surface area contributed by atoms with E-state index in [1.54, 1.807) is 4.90 Å². The topological polar surface area (TPSA) is 28.2 Å². The van der Waals surface area contributed by atoms with Gasteiger partial charge in [-0.3, -0.25) is 0 Å². The maximum absolute atomic E-state index is 6.25. The van der Waals surface area contributed by atoms with Crippen LogP contribution in [0.4, 0.5) is 0 Å². The summed E-state index contributed by atoms with van der Waals surface area (Å²) in [4.78, 5) is 1.79. The number of nitrogens with zero attached hydrogens (tertiary/aromatic N) is 1. The quantitative estimate of drug-likeness (QED) is 0.511. The van der Waals surface area contributed by atoms with Crippen molar-refractivity contribution in [1.29, 1.82) is 5.26 Å². The Morgan fingerprint density at radius 3 is 2.40 bits per heavy atom. The minimum atomic E-state index is 0.991. The van der Waals surface area contributed by atoms with Gasteiger partial charge < -0.3 is 16.7 Å². The van der Waals surface area contributed by atoms with Gasteiger partial charge in [-0.25, -0.2) is 0 Å². The minimum absolute atomic E-state index is 0.991. The summed E-state index contributed by atoms with van der Waals surface area (Å²) in [6, 6.07) is 0. The zero-order valence-electron chi connectivity index (χ0n) is 6.85. The molecule has 1 rings (SSSR count). The van der Waals surface area contributed by atoms with Crippen molar-refractivity contribution >= 4 is 0 Å². The number of rotatable bonds is 1. The van der Waals surface area contributed by atoms with Crippen LogP contribution >= 0.6 is 0 Å². The summed E-state index contributed by atoms with van der Waals surface area (Å²) in [5.74, 6) is 0.991. The van der Waals surface area contributed by atoms with Crippen molar-refractivity contribution in [1.82, 2.24) is 0 Å². The van der Waals surface area contributed by atoms with E-state index in [-0.39, 0.29) is 0 Å². The van der Waals surface area contributed by atoms with Crippen LogP contribution < -0.4 is 4.90 Å². The van der Waals surface area contributed by atoms with Gasteiger partial charge in [0, 0.05) is 12.3 Å². The van der Waals surface area contributed by atoms with Gasteiger partial charge in [-0.15, -0.1) is 0 Å². The lowest BCUT2D eigenvalue weighted by Crippen LogP contribution is -3.09. The van der Waals surface area contributed by atoms with Crippen LogP contribution in [-0.4, -0.2) is 19.6 Å². The third-order valence-electron chi connectivity index (χ3n) is 2.13. The van der Waals surface area contributed by atoms with Crippen molar-refractivity contribution in [3.8, 4) is 0 Å². The number of likely N-dealkylation sites (tertiary alicyclic amines) is 1. The van der Waals surface area contributed by atoms with E-state index in [4.69, 9.17) is 11.8 Å². The molecule has 1 fully saturated rings. The molecule has 2 unspecified atom stereocenters. The SMILES string of the molecule is CC[NH+]1CCC(C)C1.[C-]#N. The summed E-state index contributed by atoms with van der Waals surface area (Å²) in [6.45, 7) is 13.5. The minimum Gasteiger partial charge on any atom is -0.512 e. The Hall–Kier alpha value is -0.550. The molecule has 0 aromatic heterocycles. The van der Waals surface area contributed by atoms with Gasteiger partial charge in [-0.1, -0.05) is 6.92 Å². The highest BCUT2D eigenvalue weighted by molar-refractivity contribution is 4.54. The van der Waals surface area contributed by atoms with E-state index < -0.39 is 0 Å². The second-order valence-electron chi connectivity index (χ2n) is 2.95. The van der Waals surface area contributed by atoms with Crippen LogP contribution in [0, 0.1) is 17.8 Å². The highest BCUT2D eigenvalue weighted by Gasteiger charge is 2.19. The van der Waals surface area contributed by atoms with Crippen LogP contribution in [-0.2, 0) is 0 Å². The van der Waals surface area contributed by atoms with E-state index >= 15 is 0 Å². The second-order valence-corrected chi connectivity index (χ2v) is 2.95. The molecule has 2 heteroatoms. The van der Waals surface area contributed by atoms with Gasteiger partial charge >= 0.3 is 0 Å². The van der Waals surface area contributed by atoms with E-state index in [0.29, 0.717) is 0 Å². The van der Waals surface area contributed by atoms with Crippen LogP contribution in [0.5, 0.6) is 0 Å². The second kappa shape index (κ2) is 5.25. The van der Waals surface area contributed by atoms with Crippen LogP contribution in [0.3, 0.4) is 0 Å². The van der Waals surface area contributed by atoms with Crippen molar-refractivity contribution < 1.29 is 4.90 Å². The van der Waals surface area contributed by atoms with E-state index in [1.165, 1.54) is 26.1 Å². The Bertz CT molecular complexity index is 98.7. The summed E-state index contributed by atoms with van der Waals surface area (Å²) in [5.41, 5.74) is 0. The molecule has 1 N–H and O–H groups in total. The molecule has 0 aromatic carbocycles. The van der Waals surface area contributed by atoms with Crippen LogP contribution in [0.1, 0.15) is 20.3 Å². The molecule has 0 spiro atoms. The largest absolute Gasteiger partial charge is 0.512 e. The van der Waals surface area contributed by atoms with Gasteiger partial charge in [0.15, 0.2) is 0 Å². The summed E-state index contributed by atoms with van der Waals surface area (Å²) in [7, 11) is 0. The summed E-state index contributed by atoms with van der Waals surface area (Å²) < 4.78 is 0. The predicted octanol–water partition coefficient (Wildman–Crippen LogP) is 0.0274. The van der Waals surface area contributed by atoms with Crippen molar-refractivity contribution in [3.05, 3.63) is 6.57 Å².